The highest BCUT2D eigenvalue weighted by Gasteiger charge is 2.15. The largest absolute Gasteiger partial charge is 0.463 e. The van der Waals surface area contributed by atoms with Gasteiger partial charge in [0.05, 0.1) is 18.2 Å². The van der Waals surface area contributed by atoms with Gasteiger partial charge in [0, 0.05) is 6.54 Å². The van der Waals surface area contributed by atoms with Crippen molar-refractivity contribution in [3.63, 3.8) is 0 Å². The second-order valence-corrected chi connectivity index (χ2v) is 4.70. The summed E-state index contributed by atoms with van der Waals surface area (Å²) in [6.45, 7) is 5.74. The molecule has 0 aliphatic carbocycles. The first kappa shape index (κ1) is 14.6. The normalized spacial score (nSPS) is 10.4. The lowest BCUT2D eigenvalue weighted by Gasteiger charge is -2.08. The summed E-state index contributed by atoms with van der Waals surface area (Å²) in [6, 6.07) is 0. The number of carbonyl (C=O) groups excluding carboxylic acids is 2. The molecule has 0 bridgehead atoms. The van der Waals surface area contributed by atoms with E-state index in [1.54, 1.807) is 13.8 Å². The Labute approximate surface area is 110 Å². The first-order valence-electron chi connectivity index (χ1n) is 5.83. The minimum Gasteiger partial charge on any atom is -0.463 e. The predicted octanol–water partition coefficient (Wildman–Crippen LogP) is 1.17. The summed E-state index contributed by atoms with van der Waals surface area (Å²) in [5, 5.41) is 6.51. The van der Waals surface area contributed by atoms with E-state index in [0.717, 1.165) is 11.5 Å². The zero-order valence-corrected chi connectivity index (χ0v) is 11.5. The number of nitrogens with one attached hydrogen (secondary N) is 1. The summed E-state index contributed by atoms with van der Waals surface area (Å²) in [5.41, 5.74) is 0.683. The Morgan fingerprint density at radius 1 is 1.44 bits per heavy atom. The number of esters is 1. The number of ether oxygens (including phenoxy) is 1. The number of rotatable bonds is 6. The number of aryl methyl sites for hydroxylation is 1. The van der Waals surface area contributed by atoms with Crippen LogP contribution in [0.3, 0.4) is 0 Å². The molecule has 0 unspecified atom stereocenters. The van der Waals surface area contributed by atoms with Crippen LogP contribution in [0.25, 0.3) is 0 Å². The van der Waals surface area contributed by atoms with Gasteiger partial charge in [0.2, 0.25) is 0 Å². The fraction of sp³-hybridized carbons (Fsp3) is 0.636. The number of carbonyl (C=O) groups is 2. The monoisotopic (exact) mass is 271 g/mol. The van der Waals surface area contributed by atoms with Gasteiger partial charge in [-0.1, -0.05) is 11.4 Å². The quantitative estimate of drug-likeness (QED) is 0.785. The second-order valence-electron chi connectivity index (χ2n) is 3.95. The number of amides is 1. The van der Waals surface area contributed by atoms with E-state index in [0.29, 0.717) is 17.0 Å². The van der Waals surface area contributed by atoms with Crippen LogP contribution in [0.1, 0.15) is 42.6 Å². The maximum absolute atomic E-state index is 11.8. The van der Waals surface area contributed by atoms with Gasteiger partial charge in [-0.15, -0.1) is 5.10 Å². The highest BCUT2D eigenvalue weighted by Crippen LogP contribution is 2.10. The molecule has 1 rings (SSSR count). The Balaban J connectivity index is 2.36. The molecule has 0 radical (unpaired) electrons. The second kappa shape index (κ2) is 7.05. The predicted molar refractivity (Wildman–Crippen MR) is 67.5 cm³/mol. The summed E-state index contributed by atoms with van der Waals surface area (Å²) in [5.74, 6) is -0.553. The van der Waals surface area contributed by atoms with Crippen molar-refractivity contribution in [3.05, 3.63) is 10.6 Å². The van der Waals surface area contributed by atoms with Gasteiger partial charge >= 0.3 is 5.97 Å². The van der Waals surface area contributed by atoms with Gasteiger partial charge < -0.3 is 10.1 Å². The Morgan fingerprint density at radius 2 is 2.17 bits per heavy atom. The lowest BCUT2D eigenvalue weighted by atomic mass is 10.3. The average molecular weight is 271 g/mol. The van der Waals surface area contributed by atoms with Crippen LogP contribution < -0.4 is 5.32 Å². The van der Waals surface area contributed by atoms with Gasteiger partial charge in [0.25, 0.3) is 5.91 Å². The fourth-order valence-corrected chi connectivity index (χ4v) is 1.96. The van der Waals surface area contributed by atoms with Gasteiger partial charge in [-0.2, -0.15) is 0 Å². The molecule has 0 atom stereocenters. The summed E-state index contributed by atoms with van der Waals surface area (Å²) in [6.07, 6.45) is 0.692. The summed E-state index contributed by atoms with van der Waals surface area (Å²) >= 11 is 1.06. The molecule has 0 aromatic carbocycles. The van der Waals surface area contributed by atoms with Crippen LogP contribution in [0.15, 0.2) is 0 Å². The van der Waals surface area contributed by atoms with Crippen LogP contribution in [-0.2, 0) is 16.0 Å². The van der Waals surface area contributed by atoms with Crippen LogP contribution in [0.5, 0.6) is 0 Å². The van der Waals surface area contributed by atoms with Gasteiger partial charge in [-0.05, 0) is 31.8 Å². The highest BCUT2D eigenvalue weighted by atomic mass is 32.1. The topological polar surface area (TPSA) is 81.2 Å². The van der Waals surface area contributed by atoms with E-state index < -0.39 is 0 Å². The fourth-order valence-electron chi connectivity index (χ4n) is 1.29. The van der Waals surface area contributed by atoms with E-state index in [1.165, 1.54) is 0 Å². The Bertz CT molecular complexity index is 417. The molecule has 0 spiro atoms. The van der Waals surface area contributed by atoms with Crippen molar-refractivity contribution in [1.29, 1.82) is 0 Å². The SMILES string of the molecule is CCc1nnsc1C(=O)NCCC(=O)OC(C)C. The van der Waals surface area contributed by atoms with Crippen molar-refractivity contribution >= 4 is 23.4 Å². The molecule has 6 nitrogen and oxygen atoms in total. The van der Waals surface area contributed by atoms with Crippen molar-refractivity contribution in [3.8, 4) is 0 Å². The molecular weight excluding hydrogens is 254 g/mol. The van der Waals surface area contributed by atoms with Crippen LogP contribution in [0.4, 0.5) is 0 Å². The summed E-state index contributed by atoms with van der Waals surface area (Å²) < 4.78 is 8.69. The third-order valence-electron chi connectivity index (χ3n) is 2.08. The zero-order chi connectivity index (χ0) is 13.5. The zero-order valence-electron chi connectivity index (χ0n) is 10.7. The van der Waals surface area contributed by atoms with E-state index in [1.807, 2.05) is 6.92 Å². The molecule has 0 fully saturated rings. The number of aromatic nitrogens is 2. The highest BCUT2D eigenvalue weighted by molar-refractivity contribution is 7.08. The minimum atomic E-state index is -0.316. The molecule has 1 heterocycles. The number of hydrogen-bond acceptors (Lipinski definition) is 6. The summed E-state index contributed by atoms with van der Waals surface area (Å²) in [4.78, 5) is 23.5. The third-order valence-corrected chi connectivity index (χ3v) is 2.85. The smallest absolute Gasteiger partial charge is 0.307 e. The molecule has 0 saturated heterocycles. The van der Waals surface area contributed by atoms with E-state index in [2.05, 4.69) is 14.9 Å². The van der Waals surface area contributed by atoms with Crippen molar-refractivity contribution in [1.82, 2.24) is 14.9 Å². The molecular formula is C11H17N3O3S. The first-order valence-corrected chi connectivity index (χ1v) is 6.60. The minimum absolute atomic E-state index is 0.134. The molecule has 0 aliphatic rings. The van der Waals surface area contributed by atoms with E-state index in [4.69, 9.17) is 4.74 Å². The van der Waals surface area contributed by atoms with Crippen molar-refractivity contribution in [2.24, 2.45) is 0 Å². The van der Waals surface area contributed by atoms with E-state index in [9.17, 15) is 9.59 Å². The maximum atomic E-state index is 11.8. The molecule has 0 saturated carbocycles. The van der Waals surface area contributed by atoms with Gasteiger partial charge in [0.1, 0.15) is 4.88 Å². The van der Waals surface area contributed by atoms with Gasteiger partial charge in [0.15, 0.2) is 0 Å². The molecule has 1 amide bonds. The Morgan fingerprint density at radius 3 is 2.78 bits per heavy atom. The van der Waals surface area contributed by atoms with Crippen LogP contribution in [-0.4, -0.2) is 34.1 Å². The van der Waals surface area contributed by atoms with Crippen molar-refractivity contribution in [2.45, 2.75) is 39.7 Å². The molecule has 1 N–H and O–H groups in total. The lowest BCUT2D eigenvalue weighted by Crippen LogP contribution is -2.27. The molecule has 18 heavy (non-hydrogen) atoms. The molecule has 1 aromatic rings. The maximum Gasteiger partial charge on any atom is 0.307 e. The first-order chi connectivity index (χ1) is 8.54. The molecule has 7 heteroatoms. The van der Waals surface area contributed by atoms with E-state index >= 15 is 0 Å². The number of nitrogens with zero attached hydrogens (tertiary/aromatic N) is 2. The summed E-state index contributed by atoms with van der Waals surface area (Å²) in [7, 11) is 0. The molecule has 100 valence electrons. The third kappa shape index (κ3) is 4.40. The molecule has 0 aliphatic heterocycles. The number of hydrogen-bond donors (Lipinski definition) is 1. The average Bonchev–Trinajstić information content (AvgIpc) is 2.75. The van der Waals surface area contributed by atoms with Crippen molar-refractivity contribution in [2.75, 3.05) is 6.54 Å². The standard InChI is InChI=1S/C11H17N3O3S/c1-4-8-10(18-14-13-8)11(16)12-6-5-9(15)17-7(2)3/h7H,4-6H2,1-3H3,(H,12,16). The van der Waals surface area contributed by atoms with E-state index in [-0.39, 0.29) is 30.9 Å². The van der Waals surface area contributed by atoms with Crippen LogP contribution >= 0.6 is 11.5 Å². The van der Waals surface area contributed by atoms with Crippen LogP contribution in [0, 0.1) is 0 Å². The molecule has 1 aromatic heterocycles. The van der Waals surface area contributed by atoms with Gasteiger partial charge in [-0.3, -0.25) is 9.59 Å². The lowest BCUT2D eigenvalue weighted by molar-refractivity contribution is -0.147. The van der Waals surface area contributed by atoms with Crippen molar-refractivity contribution < 1.29 is 14.3 Å². The Hall–Kier alpha value is -1.50. The van der Waals surface area contributed by atoms with Crippen LogP contribution in [0.2, 0.25) is 0 Å². The Kier molecular flexibility index (Phi) is 5.70. The van der Waals surface area contributed by atoms with Gasteiger partial charge in [-0.25, -0.2) is 0 Å².